The third-order valence-corrected chi connectivity index (χ3v) is 7.86. The number of fused-ring (bicyclic) bond motifs is 4. The lowest BCUT2D eigenvalue weighted by atomic mass is 10.0. The first-order valence-corrected chi connectivity index (χ1v) is 13.1. The number of amides is 2. The molecule has 0 bridgehead atoms. The van der Waals surface area contributed by atoms with Crippen molar-refractivity contribution < 1.29 is 23.1 Å². The van der Waals surface area contributed by atoms with E-state index >= 15 is 0 Å². The van der Waals surface area contributed by atoms with Gasteiger partial charge in [0.05, 0.1) is 6.54 Å². The van der Waals surface area contributed by atoms with Gasteiger partial charge in [-0.3, -0.25) is 19.3 Å². The van der Waals surface area contributed by atoms with E-state index in [0.717, 1.165) is 43.5 Å². The number of pyridine rings is 1. The minimum absolute atomic E-state index is 0.0415. The Morgan fingerprint density at radius 2 is 1.87 bits per heavy atom. The molecule has 202 valence electrons. The molecule has 2 atom stereocenters. The summed E-state index contributed by atoms with van der Waals surface area (Å²) in [5.74, 6) is -2.73. The Bertz CT molecular complexity index is 1490. The Hall–Kier alpha value is -4.05. The average molecular weight is 535 g/mol. The van der Waals surface area contributed by atoms with Gasteiger partial charge in [0.1, 0.15) is 30.0 Å². The first kappa shape index (κ1) is 25.2. The molecule has 10 heteroatoms. The van der Waals surface area contributed by atoms with E-state index in [4.69, 9.17) is 4.74 Å². The van der Waals surface area contributed by atoms with Crippen LogP contribution < -0.4 is 15.5 Å². The molecule has 2 saturated heterocycles. The van der Waals surface area contributed by atoms with Crippen molar-refractivity contribution >= 4 is 11.8 Å². The van der Waals surface area contributed by atoms with Crippen LogP contribution >= 0.6 is 0 Å². The molecule has 6 rings (SSSR count). The van der Waals surface area contributed by atoms with E-state index in [9.17, 15) is 23.2 Å². The van der Waals surface area contributed by atoms with Gasteiger partial charge >= 0.3 is 0 Å². The van der Waals surface area contributed by atoms with Crippen LogP contribution in [-0.2, 0) is 19.7 Å². The van der Waals surface area contributed by atoms with Gasteiger partial charge in [0.25, 0.3) is 11.8 Å². The number of rotatable bonds is 6. The van der Waals surface area contributed by atoms with Crippen LogP contribution in [0.25, 0.3) is 0 Å². The topological polar surface area (TPSA) is 83.9 Å². The maximum absolute atomic E-state index is 14.1. The van der Waals surface area contributed by atoms with Gasteiger partial charge in [-0.05, 0) is 30.9 Å². The Morgan fingerprint density at radius 3 is 2.67 bits per heavy atom. The molecule has 3 aliphatic heterocycles. The van der Waals surface area contributed by atoms with E-state index in [0.29, 0.717) is 19.1 Å². The van der Waals surface area contributed by atoms with Crippen LogP contribution in [0.3, 0.4) is 0 Å². The van der Waals surface area contributed by atoms with Crippen LogP contribution in [0.15, 0.2) is 59.5 Å². The lowest BCUT2D eigenvalue weighted by molar-refractivity contribution is -0.0213. The molecule has 1 aromatic heterocycles. The van der Waals surface area contributed by atoms with Crippen molar-refractivity contribution in [1.82, 2.24) is 19.7 Å². The fourth-order valence-corrected chi connectivity index (χ4v) is 5.89. The molecule has 39 heavy (non-hydrogen) atoms. The summed E-state index contributed by atoms with van der Waals surface area (Å²) in [7, 11) is 0. The minimum atomic E-state index is -0.799. The second-order valence-corrected chi connectivity index (χ2v) is 10.2. The molecule has 2 aromatic carbocycles. The molecule has 4 heterocycles. The molecular formula is C29H28F2N4O4. The number of benzene rings is 2. The van der Waals surface area contributed by atoms with Gasteiger partial charge in [0.15, 0.2) is 11.4 Å². The molecule has 0 saturated carbocycles. The maximum Gasteiger partial charge on any atom is 0.275 e. The highest BCUT2D eigenvalue weighted by atomic mass is 19.1. The summed E-state index contributed by atoms with van der Waals surface area (Å²) in [5.41, 5.74) is 0.0928. The van der Waals surface area contributed by atoms with Gasteiger partial charge < -0.3 is 19.5 Å². The van der Waals surface area contributed by atoms with E-state index in [2.05, 4.69) is 10.2 Å². The first-order valence-electron chi connectivity index (χ1n) is 13.1. The normalized spacial score (nSPS) is 20.3. The van der Waals surface area contributed by atoms with Crippen LogP contribution in [0, 0.1) is 11.6 Å². The largest absolute Gasteiger partial charge is 0.483 e. The Balaban J connectivity index is 1.35. The number of nitrogens with zero attached hydrogens (tertiary/aromatic N) is 3. The summed E-state index contributed by atoms with van der Waals surface area (Å²) < 4.78 is 35.0. The minimum Gasteiger partial charge on any atom is -0.483 e. The fraction of sp³-hybridized carbons (Fsp3) is 0.345. The zero-order valence-electron chi connectivity index (χ0n) is 21.2. The van der Waals surface area contributed by atoms with Gasteiger partial charge in [0.2, 0.25) is 5.43 Å². The van der Waals surface area contributed by atoms with Gasteiger partial charge in [-0.1, -0.05) is 36.4 Å². The molecule has 0 aliphatic carbocycles. The maximum atomic E-state index is 14.1. The van der Waals surface area contributed by atoms with Crippen LogP contribution in [0.2, 0.25) is 0 Å². The molecule has 2 fully saturated rings. The zero-order chi connectivity index (χ0) is 27.1. The summed E-state index contributed by atoms with van der Waals surface area (Å²) in [6.45, 7) is 1.69. The molecule has 3 aliphatic rings. The number of halogens is 2. The third-order valence-electron chi connectivity index (χ3n) is 7.86. The van der Waals surface area contributed by atoms with Gasteiger partial charge in [-0.2, -0.15) is 0 Å². The summed E-state index contributed by atoms with van der Waals surface area (Å²) in [4.78, 5) is 44.7. The lowest BCUT2D eigenvalue weighted by Gasteiger charge is -2.48. The van der Waals surface area contributed by atoms with Gasteiger partial charge in [0, 0.05) is 43.5 Å². The standard InChI is InChI=1S/C29H28F2N4O4/c30-20-9-8-19(23(31)13-20)14-32-28(37)22-15-33-16-24-34-11-4-7-21(34)10-12-35(24)29(38)25(33)27(26(22)36)39-17-18-5-2-1-3-6-18/h1-3,5-6,8-9,13,15,21,24H,4,7,10-12,14,16-17H2,(H,32,37)/t21-,24-/m0/s1. The van der Waals surface area contributed by atoms with Crippen molar-refractivity contribution in [2.75, 3.05) is 13.1 Å². The van der Waals surface area contributed by atoms with E-state index in [1.165, 1.54) is 12.3 Å². The highest BCUT2D eigenvalue weighted by Crippen LogP contribution is 2.35. The van der Waals surface area contributed by atoms with Crippen molar-refractivity contribution in [2.24, 2.45) is 0 Å². The highest BCUT2D eigenvalue weighted by Gasteiger charge is 2.45. The number of ether oxygens (including phenoxy) is 1. The number of carbonyl (C=O) groups excluding carboxylic acids is 2. The Morgan fingerprint density at radius 1 is 1.05 bits per heavy atom. The summed E-state index contributed by atoms with van der Waals surface area (Å²) >= 11 is 0. The van der Waals surface area contributed by atoms with Crippen molar-refractivity contribution in [3.8, 4) is 5.75 Å². The number of nitrogens with one attached hydrogen (secondary N) is 1. The molecule has 0 radical (unpaired) electrons. The molecule has 8 nitrogen and oxygen atoms in total. The van der Waals surface area contributed by atoms with Crippen molar-refractivity contribution in [3.63, 3.8) is 0 Å². The van der Waals surface area contributed by atoms with Crippen LogP contribution in [0.5, 0.6) is 5.75 Å². The molecule has 2 amide bonds. The second kappa shape index (κ2) is 10.3. The molecule has 0 unspecified atom stereocenters. The quantitative estimate of drug-likeness (QED) is 0.525. The van der Waals surface area contributed by atoms with Gasteiger partial charge in [-0.25, -0.2) is 8.78 Å². The zero-order valence-corrected chi connectivity index (χ0v) is 21.2. The molecule has 3 aromatic rings. The van der Waals surface area contributed by atoms with Crippen molar-refractivity contribution in [1.29, 1.82) is 0 Å². The number of hydrogen-bond acceptors (Lipinski definition) is 5. The highest BCUT2D eigenvalue weighted by molar-refractivity contribution is 5.99. The predicted molar refractivity (Wildman–Crippen MR) is 138 cm³/mol. The van der Waals surface area contributed by atoms with E-state index in [-0.39, 0.29) is 47.8 Å². The summed E-state index contributed by atoms with van der Waals surface area (Å²) in [6.07, 6.45) is 4.28. The van der Waals surface area contributed by atoms with E-state index in [1.54, 1.807) is 4.57 Å². The van der Waals surface area contributed by atoms with Crippen LogP contribution in [0.4, 0.5) is 8.78 Å². The van der Waals surface area contributed by atoms with Crippen LogP contribution in [0.1, 0.15) is 51.2 Å². The monoisotopic (exact) mass is 534 g/mol. The van der Waals surface area contributed by atoms with E-state index < -0.39 is 23.0 Å². The van der Waals surface area contributed by atoms with E-state index in [1.807, 2.05) is 35.2 Å². The number of aromatic nitrogens is 1. The van der Waals surface area contributed by atoms with Crippen molar-refractivity contribution in [3.05, 3.63) is 99.0 Å². The third kappa shape index (κ3) is 4.69. The van der Waals surface area contributed by atoms with Crippen LogP contribution in [-0.4, -0.2) is 51.5 Å². The molecular weight excluding hydrogens is 506 g/mol. The summed E-state index contributed by atoms with van der Waals surface area (Å²) in [5, 5.41) is 2.55. The number of hydrogen-bond donors (Lipinski definition) is 1. The smallest absolute Gasteiger partial charge is 0.275 e. The average Bonchev–Trinajstić information content (AvgIpc) is 3.42. The SMILES string of the molecule is O=C(NCc1ccc(F)cc1F)c1cn2c(c(OCc3ccccc3)c1=O)C(=O)N1CC[C@@H]3CCCN3[C@@H]1C2. The second-order valence-electron chi connectivity index (χ2n) is 10.2. The van der Waals surface area contributed by atoms with Gasteiger partial charge in [-0.15, -0.1) is 0 Å². The first-order chi connectivity index (χ1) is 18.9. The molecule has 0 spiro atoms. The summed E-state index contributed by atoms with van der Waals surface area (Å²) in [6, 6.07) is 12.7. The predicted octanol–water partition coefficient (Wildman–Crippen LogP) is 3.29. The number of carbonyl (C=O) groups is 2. The van der Waals surface area contributed by atoms with Crippen molar-refractivity contribution in [2.45, 2.75) is 51.2 Å². The lowest BCUT2D eigenvalue weighted by Crippen LogP contribution is -2.62. The fourth-order valence-electron chi connectivity index (χ4n) is 5.89. The Labute approximate surface area is 223 Å². The Kier molecular flexibility index (Phi) is 6.64. The molecule has 1 N–H and O–H groups in total.